The zero-order chi connectivity index (χ0) is 11.7. The number of aromatic nitrogens is 2. The van der Waals surface area contributed by atoms with E-state index < -0.39 is 0 Å². The highest BCUT2D eigenvalue weighted by Crippen LogP contribution is 2.26. The van der Waals surface area contributed by atoms with Gasteiger partial charge in [-0.2, -0.15) is 0 Å². The van der Waals surface area contributed by atoms with Gasteiger partial charge >= 0.3 is 0 Å². The number of benzene rings is 2. The van der Waals surface area contributed by atoms with Crippen LogP contribution in [0.1, 0.15) is 11.9 Å². The monoisotopic (exact) mass is 240 g/mol. The summed E-state index contributed by atoms with van der Waals surface area (Å²) in [6.07, 6.45) is 0.950. The summed E-state index contributed by atoms with van der Waals surface area (Å²) in [5.41, 5.74) is 1.15. The first-order valence-corrected chi connectivity index (χ1v) is 6.50. The minimum atomic E-state index is 0.950. The van der Waals surface area contributed by atoms with Crippen molar-refractivity contribution in [2.75, 3.05) is 0 Å². The zero-order valence-corrected chi connectivity index (χ0v) is 10.4. The van der Waals surface area contributed by atoms with E-state index in [1.54, 1.807) is 11.3 Å². The van der Waals surface area contributed by atoms with Gasteiger partial charge in [-0.15, -0.1) is 10.2 Å². The number of hydrogen-bond donors (Lipinski definition) is 0. The standard InChI is InChI=1S/C14H12N2S/c1-2-13-15-16-14(17-13)12-8-7-10-5-3-4-6-11(10)9-12/h3-9H,2H2,1H3. The Labute approximate surface area is 104 Å². The van der Waals surface area contributed by atoms with Gasteiger partial charge in [0, 0.05) is 5.56 Å². The molecule has 1 heterocycles. The van der Waals surface area contributed by atoms with Crippen molar-refractivity contribution in [3.8, 4) is 10.6 Å². The maximum atomic E-state index is 4.23. The third-order valence-electron chi connectivity index (χ3n) is 2.77. The highest BCUT2D eigenvalue weighted by Gasteiger charge is 2.05. The Morgan fingerprint density at radius 3 is 2.59 bits per heavy atom. The number of aryl methyl sites for hydroxylation is 1. The van der Waals surface area contributed by atoms with E-state index in [1.165, 1.54) is 10.8 Å². The van der Waals surface area contributed by atoms with Crippen LogP contribution >= 0.6 is 11.3 Å². The second-order valence-electron chi connectivity index (χ2n) is 3.92. The molecule has 0 fully saturated rings. The third kappa shape index (κ3) is 1.94. The van der Waals surface area contributed by atoms with E-state index in [4.69, 9.17) is 0 Å². The Bertz CT molecular complexity index is 658. The summed E-state index contributed by atoms with van der Waals surface area (Å²) in [6.45, 7) is 2.10. The second-order valence-corrected chi connectivity index (χ2v) is 4.98. The number of rotatable bonds is 2. The van der Waals surface area contributed by atoms with Crippen LogP contribution in [0.3, 0.4) is 0 Å². The average molecular weight is 240 g/mol. The van der Waals surface area contributed by atoms with E-state index in [0.29, 0.717) is 0 Å². The minimum absolute atomic E-state index is 0.950. The molecule has 0 atom stereocenters. The van der Waals surface area contributed by atoms with Crippen molar-refractivity contribution in [2.24, 2.45) is 0 Å². The summed E-state index contributed by atoms with van der Waals surface area (Å²) in [5, 5.41) is 13.0. The van der Waals surface area contributed by atoms with E-state index in [0.717, 1.165) is 22.0 Å². The van der Waals surface area contributed by atoms with Crippen molar-refractivity contribution < 1.29 is 0 Å². The Morgan fingerprint density at radius 1 is 1.00 bits per heavy atom. The molecule has 0 amide bonds. The molecule has 0 aliphatic rings. The molecule has 0 unspecified atom stereocenters. The smallest absolute Gasteiger partial charge is 0.143 e. The lowest BCUT2D eigenvalue weighted by Crippen LogP contribution is -1.78. The molecular weight excluding hydrogens is 228 g/mol. The number of fused-ring (bicyclic) bond motifs is 1. The van der Waals surface area contributed by atoms with Crippen LogP contribution in [0.15, 0.2) is 42.5 Å². The summed E-state index contributed by atoms with van der Waals surface area (Å²) in [5.74, 6) is 0. The summed E-state index contributed by atoms with van der Waals surface area (Å²) < 4.78 is 0. The van der Waals surface area contributed by atoms with Gasteiger partial charge in [-0.05, 0) is 23.3 Å². The van der Waals surface area contributed by atoms with E-state index in [9.17, 15) is 0 Å². The summed E-state index contributed by atoms with van der Waals surface area (Å²) in [6, 6.07) is 14.8. The largest absolute Gasteiger partial charge is 0.147 e. The van der Waals surface area contributed by atoms with Crippen LogP contribution in [-0.2, 0) is 6.42 Å². The molecule has 17 heavy (non-hydrogen) atoms. The van der Waals surface area contributed by atoms with Crippen LogP contribution in [-0.4, -0.2) is 10.2 Å². The summed E-state index contributed by atoms with van der Waals surface area (Å²) in [4.78, 5) is 0. The van der Waals surface area contributed by atoms with Crippen molar-refractivity contribution in [3.05, 3.63) is 47.5 Å². The lowest BCUT2D eigenvalue weighted by Gasteiger charge is -1.99. The van der Waals surface area contributed by atoms with Crippen LogP contribution in [0.25, 0.3) is 21.3 Å². The molecule has 3 rings (SSSR count). The van der Waals surface area contributed by atoms with Gasteiger partial charge in [0.05, 0.1) is 0 Å². The topological polar surface area (TPSA) is 25.8 Å². The molecule has 1 aromatic heterocycles. The molecule has 0 aliphatic heterocycles. The second kappa shape index (κ2) is 4.26. The molecule has 0 radical (unpaired) electrons. The van der Waals surface area contributed by atoms with Gasteiger partial charge in [-0.1, -0.05) is 54.7 Å². The van der Waals surface area contributed by atoms with Crippen LogP contribution in [0.2, 0.25) is 0 Å². The molecular formula is C14H12N2S. The first-order chi connectivity index (χ1) is 8.36. The highest BCUT2D eigenvalue weighted by molar-refractivity contribution is 7.14. The Kier molecular flexibility index (Phi) is 2.61. The predicted octanol–water partition coefficient (Wildman–Crippen LogP) is 3.92. The van der Waals surface area contributed by atoms with Crippen molar-refractivity contribution in [2.45, 2.75) is 13.3 Å². The molecule has 0 saturated heterocycles. The first kappa shape index (κ1) is 10.4. The summed E-state index contributed by atoms with van der Waals surface area (Å²) in [7, 11) is 0. The Balaban J connectivity index is 2.11. The van der Waals surface area contributed by atoms with Crippen LogP contribution in [0, 0.1) is 0 Å². The van der Waals surface area contributed by atoms with Gasteiger partial charge in [0.15, 0.2) is 0 Å². The van der Waals surface area contributed by atoms with Gasteiger partial charge in [0.1, 0.15) is 10.0 Å². The van der Waals surface area contributed by atoms with Gasteiger partial charge in [0.25, 0.3) is 0 Å². The lowest BCUT2D eigenvalue weighted by atomic mass is 10.1. The molecule has 2 nitrogen and oxygen atoms in total. The van der Waals surface area contributed by atoms with Crippen molar-refractivity contribution in [3.63, 3.8) is 0 Å². The van der Waals surface area contributed by atoms with Crippen molar-refractivity contribution in [1.82, 2.24) is 10.2 Å². The highest BCUT2D eigenvalue weighted by atomic mass is 32.1. The fraction of sp³-hybridized carbons (Fsp3) is 0.143. The van der Waals surface area contributed by atoms with Gasteiger partial charge < -0.3 is 0 Å². The first-order valence-electron chi connectivity index (χ1n) is 5.68. The Hall–Kier alpha value is -1.74. The van der Waals surface area contributed by atoms with Crippen LogP contribution < -0.4 is 0 Å². The zero-order valence-electron chi connectivity index (χ0n) is 9.55. The van der Waals surface area contributed by atoms with Crippen LogP contribution in [0.5, 0.6) is 0 Å². The molecule has 3 heteroatoms. The van der Waals surface area contributed by atoms with Gasteiger partial charge in [-0.3, -0.25) is 0 Å². The van der Waals surface area contributed by atoms with Gasteiger partial charge in [0.2, 0.25) is 0 Å². The minimum Gasteiger partial charge on any atom is -0.143 e. The molecule has 0 spiro atoms. The molecule has 84 valence electrons. The SMILES string of the molecule is CCc1nnc(-c2ccc3ccccc3c2)s1. The Morgan fingerprint density at radius 2 is 1.82 bits per heavy atom. The molecule has 3 aromatic rings. The maximum Gasteiger partial charge on any atom is 0.147 e. The van der Waals surface area contributed by atoms with E-state index in [2.05, 4.69) is 59.6 Å². The van der Waals surface area contributed by atoms with E-state index in [-0.39, 0.29) is 0 Å². The molecule has 0 saturated carbocycles. The molecule has 0 aliphatic carbocycles. The van der Waals surface area contributed by atoms with Crippen LogP contribution in [0.4, 0.5) is 0 Å². The molecule has 2 aromatic carbocycles. The predicted molar refractivity (Wildman–Crippen MR) is 72.2 cm³/mol. The maximum absolute atomic E-state index is 4.23. The third-order valence-corrected chi connectivity index (χ3v) is 3.88. The fourth-order valence-electron chi connectivity index (χ4n) is 1.84. The normalized spacial score (nSPS) is 10.9. The molecule has 0 bridgehead atoms. The van der Waals surface area contributed by atoms with E-state index in [1.807, 2.05) is 0 Å². The lowest BCUT2D eigenvalue weighted by molar-refractivity contribution is 0.986. The number of hydrogen-bond acceptors (Lipinski definition) is 3. The van der Waals surface area contributed by atoms with Gasteiger partial charge in [-0.25, -0.2) is 0 Å². The number of nitrogens with zero attached hydrogens (tertiary/aromatic N) is 2. The quantitative estimate of drug-likeness (QED) is 0.678. The average Bonchev–Trinajstić information content (AvgIpc) is 2.87. The summed E-state index contributed by atoms with van der Waals surface area (Å²) >= 11 is 1.67. The van der Waals surface area contributed by atoms with Crippen molar-refractivity contribution in [1.29, 1.82) is 0 Å². The van der Waals surface area contributed by atoms with Crippen molar-refractivity contribution >= 4 is 22.1 Å². The fourth-order valence-corrected chi connectivity index (χ4v) is 2.61. The van der Waals surface area contributed by atoms with E-state index >= 15 is 0 Å². The molecule has 0 N–H and O–H groups in total.